The first-order valence-corrected chi connectivity index (χ1v) is 4.81. The molecule has 5 nitrogen and oxygen atoms in total. The zero-order chi connectivity index (χ0) is 14.0. The molecule has 0 aliphatic heterocycles. The highest BCUT2D eigenvalue weighted by Crippen LogP contribution is 2.38. The zero-order valence-electron chi connectivity index (χ0n) is 9.02. The summed E-state index contributed by atoms with van der Waals surface area (Å²) in [5.74, 6) is -1.94. The molecule has 2 aromatic rings. The van der Waals surface area contributed by atoms with E-state index in [-0.39, 0.29) is 5.56 Å². The molecular weight excluding hydrogens is 268 g/mol. The number of rotatable bonds is 2. The molecule has 9 heteroatoms. The largest absolute Gasteiger partial charge is 0.437 e. The standard InChI is InChI=1S/C10H4F4N4O/c11-6-3-1-5(2-4-6)8-16-7(10(12,13)14)9(19-8)17-18-15/h1-4H. The Hall–Kier alpha value is -2.54. The molecule has 0 aliphatic carbocycles. The van der Waals surface area contributed by atoms with Gasteiger partial charge in [0.25, 0.3) is 0 Å². The molecule has 2 rings (SSSR count). The van der Waals surface area contributed by atoms with Crippen LogP contribution < -0.4 is 0 Å². The minimum atomic E-state index is -4.81. The molecule has 0 N–H and O–H groups in total. The van der Waals surface area contributed by atoms with Crippen LogP contribution in [-0.2, 0) is 6.18 Å². The maximum absolute atomic E-state index is 12.7. The maximum atomic E-state index is 12.7. The van der Waals surface area contributed by atoms with Gasteiger partial charge in [-0.25, -0.2) is 9.37 Å². The quantitative estimate of drug-likeness (QED) is 0.350. The lowest BCUT2D eigenvalue weighted by Gasteiger charge is -2.00. The van der Waals surface area contributed by atoms with E-state index < -0.39 is 29.5 Å². The van der Waals surface area contributed by atoms with Crippen molar-refractivity contribution in [1.82, 2.24) is 4.98 Å². The summed E-state index contributed by atoms with van der Waals surface area (Å²) in [6, 6.07) is 4.47. The van der Waals surface area contributed by atoms with Gasteiger partial charge in [-0.1, -0.05) is 0 Å². The summed E-state index contributed by atoms with van der Waals surface area (Å²) in [6.45, 7) is 0. The van der Waals surface area contributed by atoms with E-state index in [1.165, 1.54) is 12.1 Å². The van der Waals surface area contributed by atoms with Gasteiger partial charge >= 0.3 is 6.18 Å². The van der Waals surface area contributed by atoms with Crippen LogP contribution >= 0.6 is 0 Å². The number of azide groups is 1. The molecule has 0 unspecified atom stereocenters. The van der Waals surface area contributed by atoms with Crippen LogP contribution in [0.2, 0.25) is 0 Å². The monoisotopic (exact) mass is 272 g/mol. The van der Waals surface area contributed by atoms with Gasteiger partial charge in [0, 0.05) is 10.5 Å². The Labute approximate surface area is 103 Å². The topological polar surface area (TPSA) is 74.8 Å². The highest BCUT2D eigenvalue weighted by atomic mass is 19.4. The summed E-state index contributed by atoms with van der Waals surface area (Å²) in [5.41, 5.74) is 6.88. The van der Waals surface area contributed by atoms with Crippen molar-refractivity contribution in [3.8, 4) is 11.5 Å². The van der Waals surface area contributed by atoms with Crippen molar-refractivity contribution in [2.24, 2.45) is 5.11 Å². The van der Waals surface area contributed by atoms with Crippen molar-refractivity contribution in [2.75, 3.05) is 0 Å². The Balaban J connectivity index is 2.54. The molecule has 0 bridgehead atoms. The predicted octanol–water partition coefficient (Wildman–Crippen LogP) is 4.44. The van der Waals surface area contributed by atoms with Crippen molar-refractivity contribution >= 4 is 5.88 Å². The number of hydrogen-bond acceptors (Lipinski definition) is 3. The fourth-order valence-electron chi connectivity index (χ4n) is 1.32. The van der Waals surface area contributed by atoms with E-state index in [4.69, 9.17) is 9.95 Å². The predicted molar refractivity (Wildman–Crippen MR) is 55.7 cm³/mol. The molecular formula is C10H4F4N4O. The Bertz CT molecular complexity index is 641. The van der Waals surface area contributed by atoms with E-state index in [1.807, 2.05) is 0 Å². The molecule has 0 radical (unpaired) electrons. The minimum absolute atomic E-state index is 0.131. The summed E-state index contributed by atoms with van der Waals surface area (Å²) in [5, 5.41) is 2.79. The first-order valence-electron chi connectivity index (χ1n) is 4.81. The number of nitrogens with zero attached hydrogens (tertiary/aromatic N) is 4. The van der Waals surface area contributed by atoms with E-state index in [0.29, 0.717) is 0 Å². The van der Waals surface area contributed by atoms with Gasteiger partial charge in [0.1, 0.15) is 5.82 Å². The van der Waals surface area contributed by atoms with Crippen LogP contribution in [0.25, 0.3) is 21.9 Å². The van der Waals surface area contributed by atoms with Crippen LogP contribution in [0.5, 0.6) is 0 Å². The second kappa shape index (κ2) is 4.62. The van der Waals surface area contributed by atoms with E-state index in [2.05, 4.69) is 15.0 Å². The third kappa shape index (κ3) is 2.66. The Morgan fingerprint density at radius 1 is 1.21 bits per heavy atom. The van der Waals surface area contributed by atoms with E-state index in [1.54, 1.807) is 0 Å². The number of alkyl halides is 3. The summed E-state index contributed by atoms with van der Waals surface area (Å²) in [4.78, 5) is 5.45. The SMILES string of the molecule is [N-]=[N+]=Nc1oc(-c2ccc(F)cc2)nc1C(F)(F)F. The molecule has 0 saturated carbocycles. The lowest BCUT2D eigenvalue weighted by molar-refractivity contribution is -0.140. The summed E-state index contributed by atoms with van der Waals surface area (Å²) < 4.78 is 55.2. The van der Waals surface area contributed by atoms with Crippen LogP contribution in [0.15, 0.2) is 33.8 Å². The van der Waals surface area contributed by atoms with E-state index in [9.17, 15) is 17.6 Å². The van der Waals surface area contributed by atoms with Gasteiger partial charge in [-0.05, 0) is 34.9 Å². The number of halogens is 4. The molecule has 98 valence electrons. The van der Waals surface area contributed by atoms with Gasteiger partial charge in [0.2, 0.25) is 11.8 Å². The van der Waals surface area contributed by atoms with Crippen LogP contribution in [0.4, 0.5) is 23.4 Å². The van der Waals surface area contributed by atoms with Gasteiger partial charge in [0.15, 0.2) is 5.69 Å². The van der Waals surface area contributed by atoms with E-state index >= 15 is 0 Å². The molecule has 0 aliphatic rings. The second-order valence-electron chi connectivity index (χ2n) is 3.37. The smallest absolute Gasteiger partial charge is 0.434 e. The lowest BCUT2D eigenvalue weighted by atomic mass is 10.2. The molecule has 0 fully saturated rings. The van der Waals surface area contributed by atoms with Gasteiger partial charge < -0.3 is 4.42 Å². The highest BCUT2D eigenvalue weighted by molar-refractivity contribution is 5.55. The van der Waals surface area contributed by atoms with Crippen LogP contribution in [0.3, 0.4) is 0 Å². The first kappa shape index (κ1) is 12.9. The maximum Gasteiger partial charge on any atom is 0.437 e. The number of benzene rings is 1. The number of aromatic nitrogens is 1. The Morgan fingerprint density at radius 2 is 1.84 bits per heavy atom. The van der Waals surface area contributed by atoms with Crippen molar-refractivity contribution in [3.63, 3.8) is 0 Å². The molecule has 1 aromatic heterocycles. The molecule has 0 atom stereocenters. The van der Waals surface area contributed by atoms with Crippen molar-refractivity contribution in [3.05, 3.63) is 46.2 Å². The molecule has 0 saturated heterocycles. The number of hydrogen-bond donors (Lipinski definition) is 0. The Morgan fingerprint density at radius 3 is 2.37 bits per heavy atom. The van der Waals surface area contributed by atoms with Crippen LogP contribution in [0.1, 0.15) is 5.69 Å². The fourth-order valence-corrected chi connectivity index (χ4v) is 1.32. The fraction of sp³-hybridized carbons (Fsp3) is 0.100. The average Bonchev–Trinajstić information content (AvgIpc) is 2.74. The molecule has 19 heavy (non-hydrogen) atoms. The van der Waals surface area contributed by atoms with E-state index in [0.717, 1.165) is 12.1 Å². The first-order chi connectivity index (χ1) is 8.91. The second-order valence-corrected chi connectivity index (χ2v) is 3.37. The highest BCUT2D eigenvalue weighted by Gasteiger charge is 2.38. The summed E-state index contributed by atoms with van der Waals surface area (Å²) in [7, 11) is 0. The van der Waals surface area contributed by atoms with Crippen LogP contribution in [-0.4, -0.2) is 4.98 Å². The normalized spacial score (nSPS) is 11.2. The molecule has 1 aromatic carbocycles. The van der Waals surface area contributed by atoms with Gasteiger partial charge in [-0.15, -0.1) is 0 Å². The van der Waals surface area contributed by atoms with Gasteiger partial charge in [-0.3, -0.25) is 0 Å². The third-order valence-electron chi connectivity index (χ3n) is 2.10. The molecule has 1 heterocycles. The van der Waals surface area contributed by atoms with Crippen LogP contribution in [0, 0.1) is 5.82 Å². The van der Waals surface area contributed by atoms with Gasteiger partial charge in [0.05, 0.1) is 0 Å². The summed E-state index contributed by atoms with van der Waals surface area (Å²) in [6.07, 6.45) is -4.81. The van der Waals surface area contributed by atoms with Crippen molar-refractivity contribution < 1.29 is 22.0 Å². The van der Waals surface area contributed by atoms with Crippen molar-refractivity contribution in [2.45, 2.75) is 6.18 Å². The Kier molecular flexibility index (Phi) is 3.14. The number of oxazole rings is 1. The molecule has 0 spiro atoms. The third-order valence-corrected chi connectivity index (χ3v) is 2.10. The molecule has 0 amide bonds. The summed E-state index contributed by atoms with van der Waals surface area (Å²) >= 11 is 0. The van der Waals surface area contributed by atoms with Crippen molar-refractivity contribution in [1.29, 1.82) is 0 Å². The minimum Gasteiger partial charge on any atom is -0.434 e. The average molecular weight is 272 g/mol. The van der Waals surface area contributed by atoms with Gasteiger partial charge in [-0.2, -0.15) is 13.2 Å². The lowest BCUT2D eigenvalue weighted by Crippen LogP contribution is -2.05. The zero-order valence-corrected chi connectivity index (χ0v) is 9.02.